The van der Waals surface area contributed by atoms with Crippen LogP contribution in [-0.2, 0) is 28.7 Å². The number of carbonyl (C=O) groups excluding carboxylic acids is 4. The first-order valence-electron chi connectivity index (χ1n) is 20.1. The van der Waals surface area contributed by atoms with E-state index in [9.17, 15) is 29.1 Å². The van der Waals surface area contributed by atoms with Gasteiger partial charge in [-0.2, -0.15) is 0 Å². The van der Waals surface area contributed by atoms with Gasteiger partial charge in [0.05, 0.1) is 23.9 Å². The minimum Gasteiger partial charge on any atom is -0.481 e. The highest BCUT2D eigenvalue weighted by atomic mass is 16.6. The Kier molecular flexibility index (Phi) is 9.80. The zero-order valence-electron chi connectivity index (χ0n) is 33.2. The molecule has 6 rings (SSSR count). The first-order chi connectivity index (χ1) is 24.1. The van der Waals surface area contributed by atoms with Crippen molar-refractivity contribution in [3.63, 3.8) is 0 Å². The van der Waals surface area contributed by atoms with Gasteiger partial charge in [-0.25, -0.2) is 4.79 Å². The van der Waals surface area contributed by atoms with Crippen molar-refractivity contribution in [2.45, 2.75) is 151 Å². The SMILES string of the molecule is CC(C)C1C(=O)C[C@]2(NC(=O)OCCN3CCCC3=O)CC[C@]3(C)C(=C12)CCC1[C@@]2(C)CC[C@H](OC(=O)CC(C)(C)C(=O)O)C(C)(C)C2CC[C@]13C. The molecule has 0 spiro atoms. The summed E-state index contributed by atoms with van der Waals surface area (Å²) in [4.78, 5) is 66.0. The molecule has 1 heterocycles. The van der Waals surface area contributed by atoms with Crippen molar-refractivity contribution >= 4 is 29.7 Å². The minimum absolute atomic E-state index is 0.0218. The molecule has 6 aliphatic rings. The number of carbonyl (C=O) groups is 5. The number of ether oxygens (including phenoxy) is 2. The maximum atomic E-state index is 13.9. The smallest absolute Gasteiger partial charge is 0.407 e. The highest BCUT2D eigenvalue weighted by Crippen LogP contribution is 2.75. The molecule has 0 aromatic carbocycles. The van der Waals surface area contributed by atoms with Gasteiger partial charge in [-0.15, -0.1) is 0 Å². The van der Waals surface area contributed by atoms with E-state index in [2.05, 4.69) is 53.8 Å². The molecule has 5 fully saturated rings. The van der Waals surface area contributed by atoms with Crippen LogP contribution in [0.1, 0.15) is 139 Å². The lowest BCUT2D eigenvalue weighted by Crippen LogP contribution is -2.65. The first kappa shape index (κ1) is 38.8. The summed E-state index contributed by atoms with van der Waals surface area (Å²) in [7, 11) is 0. The number of nitrogens with one attached hydrogen (secondary N) is 1. The third-order valence-electron chi connectivity index (χ3n) is 15.8. The molecule has 2 N–H and O–H groups in total. The molecule has 1 saturated heterocycles. The summed E-state index contributed by atoms with van der Waals surface area (Å²) >= 11 is 0. The molecule has 5 aliphatic carbocycles. The van der Waals surface area contributed by atoms with Gasteiger partial charge < -0.3 is 24.8 Å². The average molecular weight is 725 g/mol. The molecule has 3 unspecified atom stereocenters. The van der Waals surface area contributed by atoms with Gasteiger partial charge >= 0.3 is 18.0 Å². The minimum atomic E-state index is -1.18. The monoisotopic (exact) mass is 724 g/mol. The summed E-state index contributed by atoms with van der Waals surface area (Å²) < 4.78 is 11.8. The highest BCUT2D eigenvalue weighted by molar-refractivity contribution is 5.92. The third kappa shape index (κ3) is 6.00. The van der Waals surface area contributed by atoms with Gasteiger partial charge in [0.2, 0.25) is 5.91 Å². The molecule has 1 aliphatic heterocycles. The Morgan fingerprint density at radius 3 is 2.31 bits per heavy atom. The van der Waals surface area contributed by atoms with Crippen LogP contribution in [0, 0.1) is 50.7 Å². The number of hydrogen-bond acceptors (Lipinski definition) is 7. The summed E-state index contributed by atoms with van der Waals surface area (Å²) in [6.45, 7) is 20.5. The fourth-order valence-electron chi connectivity index (χ4n) is 12.9. The maximum absolute atomic E-state index is 13.9. The fraction of sp³-hybridized carbons (Fsp3) is 0.833. The van der Waals surface area contributed by atoms with Crippen LogP contribution in [0.2, 0.25) is 0 Å². The summed E-state index contributed by atoms with van der Waals surface area (Å²) in [5.41, 5.74) is 0.201. The number of likely N-dealkylation sites (tertiary alicyclic amines) is 1. The van der Waals surface area contributed by atoms with Crippen molar-refractivity contribution < 1.29 is 38.6 Å². The van der Waals surface area contributed by atoms with E-state index in [1.165, 1.54) is 5.57 Å². The number of allylic oxidation sites excluding steroid dienone is 1. The fourth-order valence-corrected chi connectivity index (χ4v) is 12.9. The van der Waals surface area contributed by atoms with Crippen LogP contribution in [0.5, 0.6) is 0 Å². The molecule has 290 valence electrons. The number of rotatable bonds is 9. The number of esters is 1. The molecule has 8 atom stereocenters. The molecule has 52 heavy (non-hydrogen) atoms. The van der Waals surface area contributed by atoms with Crippen LogP contribution >= 0.6 is 0 Å². The summed E-state index contributed by atoms with van der Waals surface area (Å²) in [5, 5.41) is 12.9. The Morgan fingerprint density at radius 1 is 0.962 bits per heavy atom. The molecule has 10 nitrogen and oxygen atoms in total. The highest BCUT2D eigenvalue weighted by Gasteiger charge is 2.69. The number of fused-ring (bicyclic) bond motifs is 6. The van der Waals surface area contributed by atoms with E-state index in [1.54, 1.807) is 18.7 Å². The Morgan fingerprint density at radius 2 is 1.67 bits per heavy atom. The molecule has 4 saturated carbocycles. The molecule has 10 heteroatoms. The number of alkyl carbamates (subject to hydrolysis) is 1. The lowest BCUT2D eigenvalue weighted by Gasteiger charge is -2.70. The predicted octanol–water partition coefficient (Wildman–Crippen LogP) is 7.48. The zero-order chi connectivity index (χ0) is 38.2. The third-order valence-corrected chi connectivity index (χ3v) is 15.8. The number of hydrogen-bond donors (Lipinski definition) is 2. The average Bonchev–Trinajstić information content (AvgIpc) is 3.57. The van der Waals surface area contributed by atoms with E-state index in [-0.39, 0.29) is 64.3 Å². The van der Waals surface area contributed by atoms with E-state index in [0.29, 0.717) is 44.2 Å². The van der Waals surface area contributed by atoms with Gasteiger partial charge in [0.15, 0.2) is 0 Å². The van der Waals surface area contributed by atoms with Crippen molar-refractivity contribution in [1.29, 1.82) is 0 Å². The van der Waals surface area contributed by atoms with E-state index >= 15 is 0 Å². The normalized spacial score (nSPS) is 38.3. The Labute approximate surface area is 310 Å². The number of amides is 2. The molecule has 0 radical (unpaired) electrons. The van der Waals surface area contributed by atoms with Gasteiger partial charge in [-0.05, 0) is 111 Å². The van der Waals surface area contributed by atoms with Gasteiger partial charge in [0.25, 0.3) is 0 Å². The quantitative estimate of drug-likeness (QED) is 0.184. The van der Waals surface area contributed by atoms with Crippen molar-refractivity contribution in [2.24, 2.45) is 50.7 Å². The van der Waals surface area contributed by atoms with E-state index in [0.717, 1.165) is 56.9 Å². The summed E-state index contributed by atoms with van der Waals surface area (Å²) in [6, 6.07) is 0. The Bertz CT molecular complexity index is 1550. The van der Waals surface area contributed by atoms with Gasteiger partial charge in [-0.1, -0.05) is 54.0 Å². The van der Waals surface area contributed by atoms with Crippen molar-refractivity contribution in [2.75, 3.05) is 19.7 Å². The zero-order valence-corrected chi connectivity index (χ0v) is 33.2. The van der Waals surface area contributed by atoms with Crippen LogP contribution in [0.25, 0.3) is 0 Å². The number of ketones is 1. The van der Waals surface area contributed by atoms with Crippen LogP contribution in [0.4, 0.5) is 4.79 Å². The van der Waals surface area contributed by atoms with Gasteiger partial charge in [0.1, 0.15) is 18.5 Å². The lowest BCUT2D eigenvalue weighted by atomic mass is 9.34. The number of aliphatic carboxylic acids is 1. The molecule has 0 aromatic rings. The topological polar surface area (TPSA) is 139 Å². The van der Waals surface area contributed by atoms with E-state index in [4.69, 9.17) is 9.47 Å². The molecule has 0 bridgehead atoms. The van der Waals surface area contributed by atoms with Crippen LogP contribution in [-0.4, -0.2) is 71.1 Å². The van der Waals surface area contributed by atoms with Crippen LogP contribution in [0.15, 0.2) is 11.1 Å². The standard InChI is InChI=1S/C42H64N2O8/c1-25(2)33-27(45)23-42(43-36(50)51-22-21-44-20-10-11-31(44)46)19-18-40(8)26(34(33)42)12-13-29-39(7)16-15-30(52-32(47)24-37(3,4)35(48)49)38(5,6)28(39)14-17-41(29,40)9/h25,28-30,33H,10-24H2,1-9H3,(H,43,50)(H,48,49)/t28?,29?,30-,33?,39-,40+,41+,42+/m0/s1. The Balaban J connectivity index is 1.26. The van der Waals surface area contributed by atoms with E-state index < -0.39 is 29.0 Å². The van der Waals surface area contributed by atoms with Crippen molar-refractivity contribution in [3.8, 4) is 0 Å². The first-order valence-corrected chi connectivity index (χ1v) is 20.1. The van der Waals surface area contributed by atoms with Crippen LogP contribution < -0.4 is 5.32 Å². The summed E-state index contributed by atoms with van der Waals surface area (Å²) in [5.74, 6) is -0.496. The van der Waals surface area contributed by atoms with Crippen LogP contribution in [0.3, 0.4) is 0 Å². The largest absolute Gasteiger partial charge is 0.481 e. The molecule has 2 amide bonds. The number of carboxylic acid groups (broad SMARTS) is 1. The van der Waals surface area contributed by atoms with Gasteiger partial charge in [-0.3, -0.25) is 19.2 Å². The number of nitrogens with zero attached hydrogens (tertiary/aromatic N) is 1. The second-order valence-electron chi connectivity index (χ2n) is 19.7. The second kappa shape index (κ2) is 13.1. The maximum Gasteiger partial charge on any atom is 0.407 e. The van der Waals surface area contributed by atoms with Gasteiger partial charge in [0, 0.05) is 30.7 Å². The lowest BCUT2D eigenvalue weighted by molar-refractivity contribution is -0.214. The van der Waals surface area contributed by atoms with E-state index in [1.807, 2.05) is 0 Å². The molecule has 0 aromatic heterocycles. The number of carboxylic acids is 1. The Hall–Kier alpha value is -2.91. The summed E-state index contributed by atoms with van der Waals surface area (Å²) in [6.07, 6.45) is 7.95. The van der Waals surface area contributed by atoms with Crippen molar-refractivity contribution in [3.05, 3.63) is 11.1 Å². The predicted molar refractivity (Wildman–Crippen MR) is 196 cm³/mol. The second-order valence-corrected chi connectivity index (χ2v) is 19.7. The number of Topliss-reactive ketones (excluding diaryl/α,β-unsaturated/α-hetero) is 1. The van der Waals surface area contributed by atoms with Crippen molar-refractivity contribution in [1.82, 2.24) is 10.2 Å². The molecular weight excluding hydrogens is 660 g/mol. The molecular formula is C42H64N2O8.